The number of nitrogens with one attached hydrogen (secondary N) is 1. The number of carbonyl (C=O) groups excluding carboxylic acids is 1. The minimum absolute atomic E-state index is 0.0252. The molecule has 0 aliphatic carbocycles. The number of anilines is 1. The molecule has 2 aromatic heterocycles. The molecule has 3 aromatic rings. The summed E-state index contributed by atoms with van der Waals surface area (Å²) in [6, 6.07) is 7.97. The molecule has 0 atom stereocenters. The fraction of sp³-hybridized carbons (Fsp3) is 0. The van der Waals surface area contributed by atoms with Gasteiger partial charge in [-0.05, 0) is 30.3 Å². The highest BCUT2D eigenvalue weighted by Crippen LogP contribution is 2.23. The third-order valence-corrected chi connectivity index (χ3v) is 3.30. The van der Waals surface area contributed by atoms with Crippen LogP contribution in [0.25, 0.3) is 11.5 Å². The monoisotopic (exact) mass is 334 g/mol. The predicted molar refractivity (Wildman–Crippen MR) is 81.9 cm³/mol. The van der Waals surface area contributed by atoms with Crippen LogP contribution in [0.1, 0.15) is 10.4 Å². The number of benzene rings is 1. The molecule has 1 N–H and O–H groups in total. The highest BCUT2D eigenvalue weighted by Gasteiger charge is 2.15. The molecule has 22 heavy (non-hydrogen) atoms. The number of nitrogens with zero attached hydrogens (tertiary/aromatic N) is 3. The topological polar surface area (TPSA) is 80.9 Å². The maximum Gasteiger partial charge on any atom is 0.322 e. The first-order valence-electron chi connectivity index (χ1n) is 6.14. The van der Waals surface area contributed by atoms with Crippen LogP contribution in [0.2, 0.25) is 10.0 Å². The van der Waals surface area contributed by atoms with Gasteiger partial charge in [-0.15, -0.1) is 5.10 Å². The number of halogens is 2. The first kappa shape index (κ1) is 14.5. The minimum Gasteiger partial charge on any atom is -0.403 e. The smallest absolute Gasteiger partial charge is 0.322 e. The van der Waals surface area contributed by atoms with Crippen molar-refractivity contribution in [1.82, 2.24) is 15.2 Å². The summed E-state index contributed by atoms with van der Waals surface area (Å²) in [5.41, 5.74) is 0.960. The first-order valence-corrected chi connectivity index (χ1v) is 6.89. The molecule has 0 unspecified atom stereocenters. The Morgan fingerprint density at radius 3 is 2.59 bits per heavy atom. The van der Waals surface area contributed by atoms with E-state index in [1.54, 1.807) is 30.6 Å². The molecule has 1 aromatic carbocycles. The molecule has 0 saturated heterocycles. The number of carbonyl (C=O) groups is 1. The molecular formula is C14H8Cl2N4O2. The lowest BCUT2D eigenvalue weighted by Gasteiger charge is -2.03. The van der Waals surface area contributed by atoms with Gasteiger partial charge in [-0.2, -0.15) is 0 Å². The van der Waals surface area contributed by atoms with E-state index >= 15 is 0 Å². The summed E-state index contributed by atoms with van der Waals surface area (Å²) in [5, 5.41) is 10.8. The van der Waals surface area contributed by atoms with Crippen LogP contribution in [0.15, 0.2) is 47.1 Å². The Kier molecular flexibility index (Phi) is 4.04. The van der Waals surface area contributed by atoms with Crippen molar-refractivity contribution < 1.29 is 9.21 Å². The molecule has 2 heterocycles. The van der Waals surface area contributed by atoms with Crippen molar-refractivity contribution >= 4 is 35.1 Å². The van der Waals surface area contributed by atoms with Crippen LogP contribution in [-0.2, 0) is 0 Å². The lowest BCUT2D eigenvalue weighted by Crippen LogP contribution is -2.12. The lowest BCUT2D eigenvalue weighted by atomic mass is 10.2. The Hall–Kier alpha value is -2.44. The second kappa shape index (κ2) is 6.13. The average Bonchev–Trinajstić information content (AvgIpc) is 2.96. The second-order valence-electron chi connectivity index (χ2n) is 4.23. The van der Waals surface area contributed by atoms with E-state index < -0.39 is 5.91 Å². The van der Waals surface area contributed by atoms with Crippen molar-refractivity contribution in [1.29, 1.82) is 0 Å². The molecule has 0 fully saturated rings. The van der Waals surface area contributed by atoms with Crippen LogP contribution in [0, 0.1) is 0 Å². The van der Waals surface area contributed by atoms with Crippen molar-refractivity contribution in [3.63, 3.8) is 0 Å². The molecule has 1 amide bonds. The highest BCUT2D eigenvalue weighted by molar-refractivity contribution is 6.37. The maximum absolute atomic E-state index is 12.1. The summed E-state index contributed by atoms with van der Waals surface area (Å²) < 4.78 is 5.37. The fourth-order valence-electron chi connectivity index (χ4n) is 1.72. The zero-order valence-corrected chi connectivity index (χ0v) is 12.5. The van der Waals surface area contributed by atoms with Gasteiger partial charge in [0.05, 0.1) is 10.6 Å². The van der Waals surface area contributed by atoms with Crippen molar-refractivity contribution in [2.45, 2.75) is 0 Å². The van der Waals surface area contributed by atoms with E-state index in [0.717, 1.165) is 0 Å². The number of pyridine rings is 1. The summed E-state index contributed by atoms with van der Waals surface area (Å²) >= 11 is 11.8. The van der Waals surface area contributed by atoms with Gasteiger partial charge in [0.25, 0.3) is 5.91 Å². The molecule has 110 valence electrons. The Labute approximate surface area is 135 Å². The van der Waals surface area contributed by atoms with Crippen molar-refractivity contribution in [2.24, 2.45) is 0 Å². The van der Waals surface area contributed by atoms with E-state index in [2.05, 4.69) is 20.5 Å². The zero-order valence-electron chi connectivity index (χ0n) is 11.0. The molecule has 0 spiro atoms. The summed E-state index contributed by atoms with van der Waals surface area (Å²) in [6.07, 6.45) is 3.20. The molecule has 3 rings (SSSR count). The van der Waals surface area contributed by atoms with Gasteiger partial charge in [0.15, 0.2) is 0 Å². The van der Waals surface area contributed by atoms with Gasteiger partial charge in [-0.3, -0.25) is 15.1 Å². The van der Waals surface area contributed by atoms with E-state index in [9.17, 15) is 4.79 Å². The summed E-state index contributed by atoms with van der Waals surface area (Å²) in [5.74, 6) is -0.188. The molecule has 0 radical (unpaired) electrons. The number of amides is 1. The van der Waals surface area contributed by atoms with Crippen LogP contribution in [-0.4, -0.2) is 21.1 Å². The fourth-order valence-corrected chi connectivity index (χ4v) is 2.22. The summed E-state index contributed by atoms with van der Waals surface area (Å²) in [4.78, 5) is 16.0. The summed E-state index contributed by atoms with van der Waals surface area (Å²) in [7, 11) is 0. The highest BCUT2D eigenvalue weighted by atomic mass is 35.5. The van der Waals surface area contributed by atoms with Gasteiger partial charge in [0, 0.05) is 23.0 Å². The van der Waals surface area contributed by atoms with E-state index in [1.165, 1.54) is 12.1 Å². The van der Waals surface area contributed by atoms with Crippen LogP contribution in [0.5, 0.6) is 0 Å². The van der Waals surface area contributed by atoms with E-state index in [0.29, 0.717) is 10.6 Å². The van der Waals surface area contributed by atoms with Crippen LogP contribution >= 0.6 is 23.2 Å². The number of aromatic nitrogens is 3. The Balaban J connectivity index is 1.79. The van der Waals surface area contributed by atoms with Gasteiger partial charge >= 0.3 is 6.01 Å². The second-order valence-corrected chi connectivity index (χ2v) is 5.07. The normalized spacial score (nSPS) is 10.5. The molecule has 8 heteroatoms. The summed E-state index contributed by atoms with van der Waals surface area (Å²) in [6.45, 7) is 0. The molecule has 0 saturated carbocycles. The first-order chi connectivity index (χ1) is 10.6. The van der Waals surface area contributed by atoms with Gasteiger partial charge in [0.2, 0.25) is 5.89 Å². The maximum atomic E-state index is 12.1. The van der Waals surface area contributed by atoms with Crippen molar-refractivity contribution in [3.05, 3.63) is 58.3 Å². The van der Waals surface area contributed by atoms with E-state index in [-0.39, 0.29) is 22.5 Å². The van der Waals surface area contributed by atoms with Gasteiger partial charge in [-0.1, -0.05) is 28.3 Å². The molecule has 0 bridgehead atoms. The molecule has 6 nitrogen and oxygen atoms in total. The Morgan fingerprint density at radius 1 is 1.09 bits per heavy atom. The number of hydrogen-bond donors (Lipinski definition) is 1. The Morgan fingerprint density at radius 2 is 1.86 bits per heavy atom. The van der Waals surface area contributed by atoms with Crippen LogP contribution in [0.4, 0.5) is 6.01 Å². The van der Waals surface area contributed by atoms with Gasteiger partial charge < -0.3 is 4.42 Å². The number of hydrogen-bond acceptors (Lipinski definition) is 5. The number of rotatable bonds is 3. The van der Waals surface area contributed by atoms with Gasteiger partial charge in [0.1, 0.15) is 0 Å². The molecular weight excluding hydrogens is 327 g/mol. The van der Waals surface area contributed by atoms with Gasteiger partial charge in [-0.25, -0.2) is 0 Å². The molecule has 0 aliphatic heterocycles. The third-order valence-electron chi connectivity index (χ3n) is 2.75. The largest absolute Gasteiger partial charge is 0.403 e. The van der Waals surface area contributed by atoms with Crippen LogP contribution < -0.4 is 5.32 Å². The minimum atomic E-state index is -0.466. The van der Waals surface area contributed by atoms with E-state index in [4.69, 9.17) is 27.6 Å². The third kappa shape index (κ3) is 3.08. The van der Waals surface area contributed by atoms with Crippen molar-refractivity contribution in [2.75, 3.05) is 5.32 Å². The zero-order chi connectivity index (χ0) is 15.5. The molecule has 0 aliphatic rings. The van der Waals surface area contributed by atoms with Crippen LogP contribution in [0.3, 0.4) is 0 Å². The standard InChI is InChI=1S/C14H8Cl2N4O2/c15-9-1-2-10(11(16)7-9)12(21)18-14-20-19-13(22-14)8-3-5-17-6-4-8/h1-7H,(H,18,20,21). The quantitative estimate of drug-likeness (QED) is 0.789. The Bertz CT molecular complexity index is 821. The average molecular weight is 335 g/mol. The van der Waals surface area contributed by atoms with Crippen molar-refractivity contribution in [3.8, 4) is 11.5 Å². The lowest BCUT2D eigenvalue weighted by molar-refractivity contribution is 0.102. The van der Waals surface area contributed by atoms with E-state index in [1.807, 2.05) is 0 Å². The predicted octanol–water partition coefficient (Wildman–Crippen LogP) is 3.69. The SMILES string of the molecule is O=C(Nc1nnc(-c2ccncc2)o1)c1ccc(Cl)cc1Cl.